The van der Waals surface area contributed by atoms with Crippen molar-refractivity contribution in [1.82, 2.24) is 4.57 Å². The van der Waals surface area contributed by atoms with Crippen molar-refractivity contribution in [3.05, 3.63) is 17.8 Å². The lowest BCUT2D eigenvalue weighted by Crippen LogP contribution is -2.07. The van der Waals surface area contributed by atoms with Gasteiger partial charge < -0.3 is 23.9 Å². The Morgan fingerprint density at radius 2 is 1.80 bits per heavy atom. The van der Waals surface area contributed by atoms with Crippen LogP contribution in [0.15, 0.2) is 12.1 Å². The van der Waals surface area contributed by atoms with Gasteiger partial charge in [-0.05, 0) is 19.1 Å². The van der Waals surface area contributed by atoms with Crippen LogP contribution in [0.5, 0.6) is 17.2 Å². The van der Waals surface area contributed by atoms with E-state index < -0.39 is 5.97 Å². The SMILES string of the molecule is CCn1c(C(=O)O)cc2cc(OC)c(OC)c(OC)c21. The maximum Gasteiger partial charge on any atom is 0.352 e. The Labute approximate surface area is 116 Å². The van der Waals surface area contributed by atoms with Crippen molar-refractivity contribution >= 4 is 16.9 Å². The fourth-order valence-corrected chi connectivity index (χ4v) is 2.40. The van der Waals surface area contributed by atoms with Crippen molar-refractivity contribution in [2.75, 3.05) is 21.3 Å². The average Bonchev–Trinajstić information content (AvgIpc) is 2.83. The van der Waals surface area contributed by atoms with Crippen LogP contribution in [0.2, 0.25) is 0 Å². The van der Waals surface area contributed by atoms with Gasteiger partial charge in [0.05, 0.1) is 26.8 Å². The van der Waals surface area contributed by atoms with E-state index >= 15 is 0 Å². The predicted molar refractivity (Wildman–Crippen MR) is 74.2 cm³/mol. The third kappa shape index (κ3) is 1.93. The minimum atomic E-state index is -0.983. The van der Waals surface area contributed by atoms with Crippen molar-refractivity contribution < 1.29 is 24.1 Å². The number of benzene rings is 1. The minimum absolute atomic E-state index is 0.205. The van der Waals surface area contributed by atoms with E-state index in [2.05, 4.69) is 0 Å². The number of rotatable bonds is 5. The molecule has 0 radical (unpaired) electrons. The number of fused-ring (bicyclic) bond motifs is 1. The first-order chi connectivity index (χ1) is 9.58. The largest absolute Gasteiger partial charge is 0.493 e. The van der Waals surface area contributed by atoms with E-state index in [1.807, 2.05) is 6.92 Å². The van der Waals surface area contributed by atoms with Gasteiger partial charge in [-0.3, -0.25) is 0 Å². The van der Waals surface area contributed by atoms with Gasteiger partial charge >= 0.3 is 5.97 Å². The Kier molecular flexibility index (Phi) is 3.74. The van der Waals surface area contributed by atoms with Gasteiger partial charge in [0.15, 0.2) is 11.5 Å². The molecule has 0 saturated carbocycles. The second-order valence-corrected chi connectivity index (χ2v) is 4.16. The number of aryl methyl sites for hydroxylation is 1. The average molecular weight is 279 g/mol. The topological polar surface area (TPSA) is 69.9 Å². The monoisotopic (exact) mass is 279 g/mol. The number of carboxylic acid groups (broad SMARTS) is 1. The van der Waals surface area contributed by atoms with Gasteiger partial charge in [-0.1, -0.05) is 0 Å². The van der Waals surface area contributed by atoms with Crippen LogP contribution in [0.25, 0.3) is 10.9 Å². The van der Waals surface area contributed by atoms with Gasteiger partial charge in [0.1, 0.15) is 5.69 Å². The van der Waals surface area contributed by atoms with Crippen molar-refractivity contribution in [2.24, 2.45) is 0 Å². The van der Waals surface area contributed by atoms with Crippen LogP contribution in [0, 0.1) is 0 Å². The molecule has 0 atom stereocenters. The van der Waals surface area contributed by atoms with Gasteiger partial charge in [-0.25, -0.2) is 4.79 Å². The highest BCUT2D eigenvalue weighted by molar-refractivity contribution is 5.99. The fourth-order valence-electron chi connectivity index (χ4n) is 2.40. The first kappa shape index (κ1) is 14.0. The van der Waals surface area contributed by atoms with Gasteiger partial charge in [-0.15, -0.1) is 0 Å². The third-order valence-electron chi connectivity index (χ3n) is 3.22. The van der Waals surface area contributed by atoms with Gasteiger partial charge in [0.2, 0.25) is 5.75 Å². The summed E-state index contributed by atoms with van der Waals surface area (Å²) in [6.45, 7) is 2.39. The zero-order valence-electron chi connectivity index (χ0n) is 11.9. The van der Waals surface area contributed by atoms with Gasteiger partial charge in [-0.2, -0.15) is 0 Å². The highest BCUT2D eigenvalue weighted by Gasteiger charge is 2.22. The van der Waals surface area contributed by atoms with E-state index in [-0.39, 0.29) is 5.69 Å². The second-order valence-electron chi connectivity index (χ2n) is 4.16. The Bertz CT molecular complexity index is 659. The number of hydrogen-bond acceptors (Lipinski definition) is 4. The summed E-state index contributed by atoms with van der Waals surface area (Å²) in [6, 6.07) is 3.35. The molecular weight excluding hydrogens is 262 g/mol. The molecule has 108 valence electrons. The van der Waals surface area contributed by atoms with E-state index in [1.54, 1.807) is 16.7 Å². The summed E-state index contributed by atoms with van der Waals surface area (Å²) in [7, 11) is 4.56. The molecule has 1 aromatic carbocycles. The highest BCUT2D eigenvalue weighted by atomic mass is 16.5. The zero-order chi connectivity index (χ0) is 14.9. The summed E-state index contributed by atoms with van der Waals surface area (Å²) >= 11 is 0. The Balaban J connectivity index is 2.92. The maximum atomic E-state index is 11.3. The normalized spacial score (nSPS) is 10.6. The molecular formula is C14H17NO5. The van der Waals surface area contributed by atoms with Crippen molar-refractivity contribution in [1.29, 1.82) is 0 Å². The number of carboxylic acids is 1. The second kappa shape index (κ2) is 5.32. The molecule has 0 aliphatic heterocycles. The number of aromatic nitrogens is 1. The molecule has 0 fully saturated rings. The Morgan fingerprint density at radius 1 is 1.15 bits per heavy atom. The number of carbonyl (C=O) groups is 1. The third-order valence-corrected chi connectivity index (χ3v) is 3.22. The summed E-state index contributed by atoms with van der Waals surface area (Å²) in [5.74, 6) is 0.438. The lowest BCUT2D eigenvalue weighted by molar-refractivity contribution is 0.0686. The summed E-state index contributed by atoms with van der Waals surface area (Å²) < 4.78 is 17.7. The molecule has 2 aromatic rings. The van der Waals surface area contributed by atoms with Gasteiger partial charge in [0, 0.05) is 11.9 Å². The van der Waals surface area contributed by atoms with E-state index in [0.29, 0.717) is 29.3 Å². The minimum Gasteiger partial charge on any atom is -0.493 e. The van der Waals surface area contributed by atoms with E-state index in [0.717, 1.165) is 5.39 Å². The zero-order valence-corrected chi connectivity index (χ0v) is 11.9. The van der Waals surface area contributed by atoms with Crippen LogP contribution in [0.4, 0.5) is 0 Å². The molecule has 1 aromatic heterocycles. The number of aromatic carboxylic acids is 1. The molecule has 0 spiro atoms. The molecule has 0 unspecified atom stereocenters. The van der Waals surface area contributed by atoms with Crippen LogP contribution in [-0.4, -0.2) is 37.0 Å². The van der Waals surface area contributed by atoms with Crippen molar-refractivity contribution in [3.8, 4) is 17.2 Å². The fraction of sp³-hybridized carbons (Fsp3) is 0.357. The summed E-state index contributed by atoms with van der Waals surface area (Å²) in [5, 5.41) is 10.0. The molecule has 0 amide bonds. The number of nitrogens with zero attached hydrogens (tertiary/aromatic N) is 1. The molecule has 0 aliphatic carbocycles. The molecule has 6 heteroatoms. The van der Waals surface area contributed by atoms with Crippen LogP contribution < -0.4 is 14.2 Å². The van der Waals surface area contributed by atoms with Gasteiger partial charge in [0.25, 0.3) is 0 Å². The van der Waals surface area contributed by atoms with E-state index in [4.69, 9.17) is 14.2 Å². The summed E-state index contributed by atoms with van der Waals surface area (Å²) in [6.07, 6.45) is 0. The number of ether oxygens (including phenoxy) is 3. The van der Waals surface area contributed by atoms with Crippen molar-refractivity contribution in [3.63, 3.8) is 0 Å². The summed E-state index contributed by atoms with van der Waals surface area (Å²) in [4.78, 5) is 11.3. The molecule has 0 bridgehead atoms. The quantitative estimate of drug-likeness (QED) is 0.910. The number of hydrogen-bond donors (Lipinski definition) is 1. The summed E-state index contributed by atoms with van der Waals surface area (Å²) in [5.41, 5.74) is 0.890. The highest BCUT2D eigenvalue weighted by Crippen LogP contribution is 2.44. The molecule has 20 heavy (non-hydrogen) atoms. The van der Waals surface area contributed by atoms with Crippen molar-refractivity contribution in [2.45, 2.75) is 13.5 Å². The Hall–Kier alpha value is -2.37. The lowest BCUT2D eigenvalue weighted by atomic mass is 10.2. The molecule has 1 heterocycles. The molecule has 0 aliphatic rings. The molecule has 2 rings (SSSR count). The van der Waals surface area contributed by atoms with Crippen LogP contribution in [0.1, 0.15) is 17.4 Å². The lowest BCUT2D eigenvalue weighted by Gasteiger charge is -2.15. The Morgan fingerprint density at radius 3 is 2.25 bits per heavy atom. The molecule has 6 nitrogen and oxygen atoms in total. The van der Waals surface area contributed by atoms with Crippen LogP contribution in [0.3, 0.4) is 0 Å². The standard InChI is InChI=1S/C14H17NO5/c1-5-15-9(14(16)17)6-8-7-10(18-2)12(19-3)13(20-4)11(8)15/h6-7H,5H2,1-4H3,(H,16,17). The first-order valence-corrected chi connectivity index (χ1v) is 6.14. The predicted octanol–water partition coefficient (Wildman–Crippen LogP) is 2.39. The van der Waals surface area contributed by atoms with E-state index in [9.17, 15) is 9.90 Å². The number of methoxy groups -OCH3 is 3. The first-order valence-electron chi connectivity index (χ1n) is 6.14. The maximum absolute atomic E-state index is 11.3. The molecule has 0 saturated heterocycles. The van der Waals surface area contributed by atoms with E-state index in [1.165, 1.54) is 21.3 Å². The molecule has 1 N–H and O–H groups in total. The smallest absolute Gasteiger partial charge is 0.352 e. The van der Waals surface area contributed by atoms with Crippen LogP contribution >= 0.6 is 0 Å². The van der Waals surface area contributed by atoms with Crippen LogP contribution in [-0.2, 0) is 6.54 Å².